The van der Waals surface area contributed by atoms with Gasteiger partial charge in [0, 0.05) is 26.2 Å². The molecule has 98 valence electrons. The van der Waals surface area contributed by atoms with Crippen LogP contribution in [0.2, 0.25) is 0 Å². The molecule has 0 spiro atoms. The Morgan fingerprint density at radius 3 is 2.56 bits per heavy atom. The summed E-state index contributed by atoms with van der Waals surface area (Å²) in [5, 5.41) is 6.97. The van der Waals surface area contributed by atoms with Gasteiger partial charge in [-0.15, -0.1) is 0 Å². The van der Waals surface area contributed by atoms with Gasteiger partial charge in [0.1, 0.15) is 0 Å². The van der Waals surface area contributed by atoms with E-state index in [4.69, 9.17) is 0 Å². The number of hydrogen-bond donors (Lipinski definition) is 2. The maximum absolute atomic E-state index is 3.49. The van der Waals surface area contributed by atoms with Crippen molar-refractivity contribution in [3.8, 4) is 0 Å². The fraction of sp³-hybridized carbons (Fsp3) is 0.500. The van der Waals surface area contributed by atoms with Crippen LogP contribution >= 0.6 is 0 Å². The Kier molecular flexibility index (Phi) is 5.97. The third-order valence-electron chi connectivity index (χ3n) is 3.33. The highest BCUT2D eigenvalue weighted by Crippen LogP contribution is 2.10. The van der Waals surface area contributed by atoms with Gasteiger partial charge in [0.15, 0.2) is 0 Å². The van der Waals surface area contributed by atoms with Gasteiger partial charge >= 0.3 is 0 Å². The van der Waals surface area contributed by atoms with Crippen molar-refractivity contribution in [2.45, 2.75) is 25.7 Å². The van der Waals surface area contributed by atoms with Crippen LogP contribution in [0.3, 0.4) is 0 Å². The third kappa shape index (κ3) is 5.03. The van der Waals surface area contributed by atoms with Crippen LogP contribution in [0.25, 0.3) is 0 Å². The zero-order valence-corrected chi connectivity index (χ0v) is 11.1. The molecule has 0 saturated carbocycles. The van der Waals surface area contributed by atoms with E-state index in [2.05, 4.69) is 47.1 Å². The maximum atomic E-state index is 3.49. The average molecular weight is 244 g/mol. The average Bonchev–Trinajstić information content (AvgIpc) is 2.45. The van der Waals surface area contributed by atoms with Gasteiger partial charge in [-0.25, -0.2) is 0 Å². The van der Waals surface area contributed by atoms with Gasteiger partial charge in [0.2, 0.25) is 0 Å². The lowest BCUT2D eigenvalue weighted by molar-refractivity contribution is 0.646. The standard InChI is InChI=1S/C16H24N2/c1-3-7-15(8-4-1)13-17-11-12-18-14-16-9-5-2-6-10-16/h1,3,5,7,9-10,17-18H,2,4,6,8,11-14H2. The molecule has 2 heteroatoms. The monoisotopic (exact) mass is 244 g/mol. The van der Waals surface area contributed by atoms with E-state index in [1.54, 1.807) is 0 Å². The molecule has 0 atom stereocenters. The van der Waals surface area contributed by atoms with Crippen LogP contribution < -0.4 is 10.6 Å². The summed E-state index contributed by atoms with van der Waals surface area (Å²) in [6, 6.07) is 0. The normalized spacial score (nSPS) is 18.7. The molecule has 0 radical (unpaired) electrons. The minimum atomic E-state index is 1.00. The van der Waals surface area contributed by atoms with E-state index < -0.39 is 0 Å². The van der Waals surface area contributed by atoms with E-state index in [1.165, 1.54) is 36.8 Å². The van der Waals surface area contributed by atoms with Crippen LogP contribution in [-0.4, -0.2) is 26.2 Å². The van der Waals surface area contributed by atoms with Crippen molar-refractivity contribution in [2.24, 2.45) is 0 Å². The molecule has 2 rings (SSSR count). The van der Waals surface area contributed by atoms with Gasteiger partial charge in [0.05, 0.1) is 0 Å². The Labute approximate surface area is 111 Å². The Balaban J connectivity index is 1.48. The Morgan fingerprint density at radius 2 is 1.83 bits per heavy atom. The lowest BCUT2D eigenvalue weighted by atomic mass is 10.1. The van der Waals surface area contributed by atoms with E-state index >= 15 is 0 Å². The summed E-state index contributed by atoms with van der Waals surface area (Å²) < 4.78 is 0. The number of nitrogens with one attached hydrogen (secondary N) is 2. The molecule has 0 saturated heterocycles. The molecule has 2 aliphatic rings. The van der Waals surface area contributed by atoms with Gasteiger partial charge in [-0.05, 0) is 31.3 Å². The first kappa shape index (κ1) is 13.3. The van der Waals surface area contributed by atoms with Gasteiger partial charge in [0.25, 0.3) is 0 Å². The second-order valence-corrected chi connectivity index (χ2v) is 4.90. The van der Waals surface area contributed by atoms with Crippen molar-refractivity contribution < 1.29 is 0 Å². The molecule has 0 aromatic rings. The van der Waals surface area contributed by atoms with Crippen molar-refractivity contribution in [1.82, 2.24) is 10.6 Å². The maximum Gasteiger partial charge on any atom is 0.0202 e. The Hall–Kier alpha value is -1.12. The zero-order valence-electron chi connectivity index (χ0n) is 11.1. The van der Waals surface area contributed by atoms with Gasteiger partial charge in [-0.1, -0.05) is 42.0 Å². The molecule has 0 fully saturated rings. The largest absolute Gasteiger partial charge is 0.312 e. The number of hydrogen-bond acceptors (Lipinski definition) is 2. The summed E-state index contributed by atoms with van der Waals surface area (Å²) in [6.07, 6.45) is 18.3. The van der Waals surface area contributed by atoms with E-state index in [1.807, 2.05) is 0 Å². The minimum absolute atomic E-state index is 1.00. The molecule has 0 aromatic heterocycles. The molecular weight excluding hydrogens is 220 g/mol. The van der Waals surface area contributed by atoms with Crippen molar-refractivity contribution in [2.75, 3.05) is 26.2 Å². The van der Waals surface area contributed by atoms with E-state index in [9.17, 15) is 0 Å². The van der Waals surface area contributed by atoms with Crippen LogP contribution in [0.15, 0.2) is 47.6 Å². The first-order chi connectivity index (χ1) is 8.95. The fourth-order valence-electron chi connectivity index (χ4n) is 2.26. The first-order valence-corrected chi connectivity index (χ1v) is 7.07. The van der Waals surface area contributed by atoms with Gasteiger partial charge in [-0.2, -0.15) is 0 Å². The SMILES string of the molecule is C1=CCCC(CNCCNCC2=CCCC=C2)=C1. The van der Waals surface area contributed by atoms with Crippen LogP contribution in [0.1, 0.15) is 25.7 Å². The van der Waals surface area contributed by atoms with Crippen LogP contribution in [0.4, 0.5) is 0 Å². The summed E-state index contributed by atoms with van der Waals surface area (Å²) in [4.78, 5) is 0. The first-order valence-electron chi connectivity index (χ1n) is 7.07. The quantitative estimate of drug-likeness (QED) is 0.673. The molecule has 2 N–H and O–H groups in total. The van der Waals surface area contributed by atoms with Crippen molar-refractivity contribution in [3.63, 3.8) is 0 Å². The summed E-state index contributed by atoms with van der Waals surface area (Å²) >= 11 is 0. The summed E-state index contributed by atoms with van der Waals surface area (Å²) in [6.45, 7) is 4.12. The molecule has 2 aliphatic carbocycles. The predicted octanol–water partition coefficient (Wildman–Crippen LogP) is 2.72. The summed E-state index contributed by atoms with van der Waals surface area (Å²) in [5.74, 6) is 0. The second kappa shape index (κ2) is 8.06. The summed E-state index contributed by atoms with van der Waals surface area (Å²) in [5.41, 5.74) is 2.96. The fourth-order valence-corrected chi connectivity index (χ4v) is 2.26. The molecule has 0 heterocycles. The predicted molar refractivity (Wildman–Crippen MR) is 78.7 cm³/mol. The lowest BCUT2D eigenvalue weighted by Crippen LogP contribution is -2.29. The van der Waals surface area contributed by atoms with Crippen molar-refractivity contribution in [3.05, 3.63) is 47.6 Å². The number of allylic oxidation sites excluding steroid dienone is 5. The molecular formula is C16H24N2. The van der Waals surface area contributed by atoms with Crippen molar-refractivity contribution >= 4 is 0 Å². The van der Waals surface area contributed by atoms with Crippen LogP contribution in [0, 0.1) is 0 Å². The lowest BCUT2D eigenvalue weighted by Gasteiger charge is -2.11. The highest BCUT2D eigenvalue weighted by molar-refractivity contribution is 5.23. The number of rotatable bonds is 7. The molecule has 0 bridgehead atoms. The topological polar surface area (TPSA) is 24.1 Å². The molecule has 18 heavy (non-hydrogen) atoms. The summed E-state index contributed by atoms with van der Waals surface area (Å²) in [7, 11) is 0. The highest BCUT2D eigenvalue weighted by Gasteiger charge is 1.99. The van der Waals surface area contributed by atoms with Crippen LogP contribution in [-0.2, 0) is 0 Å². The molecule has 0 amide bonds. The third-order valence-corrected chi connectivity index (χ3v) is 3.33. The Bertz CT molecular complexity index is 361. The van der Waals surface area contributed by atoms with Crippen LogP contribution in [0.5, 0.6) is 0 Å². The molecule has 0 aliphatic heterocycles. The molecule has 0 unspecified atom stereocenters. The highest BCUT2D eigenvalue weighted by atomic mass is 14.9. The van der Waals surface area contributed by atoms with E-state index in [0.717, 1.165) is 26.2 Å². The smallest absolute Gasteiger partial charge is 0.0202 e. The molecule has 2 nitrogen and oxygen atoms in total. The van der Waals surface area contributed by atoms with Gasteiger partial charge in [-0.3, -0.25) is 0 Å². The van der Waals surface area contributed by atoms with E-state index in [-0.39, 0.29) is 0 Å². The second-order valence-electron chi connectivity index (χ2n) is 4.90. The zero-order chi connectivity index (χ0) is 12.5. The minimum Gasteiger partial charge on any atom is -0.312 e. The Morgan fingerprint density at radius 1 is 0.944 bits per heavy atom. The van der Waals surface area contributed by atoms with Crippen molar-refractivity contribution in [1.29, 1.82) is 0 Å². The van der Waals surface area contributed by atoms with Gasteiger partial charge < -0.3 is 10.6 Å². The molecule has 0 aromatic carbocycles. The van der Waals surface area contributed by atoms with E-state index in [0.29, 0.717) is 0 Å².